The first-order valence-corrected chi connectivity index (χ1v) is 11.1. The maximum absolute atomic E-state index is 12.3. The van der Waals surface area contributed by atoms with Gasteiger partial charge in [0.1, 0.15) is 5.75 Å². The Bertz CT molecular complexity index is 881. The number of ether oxygens (including phenoxy) is 1. The Labute approximate surface area is 168 Å². The zero-order valence-corrected chi connectivity index (χ0v) is 17.6. The van der Waals surface area contributed by atoms with Crippen molar-refractivity contribution >= 4 is 15.8 Å². The first-order valence-electron chi connectivity index (χ1n) is 9.41. The molecular weight excluding hydrogens is 374 g/mol. The number of rotatable bonds is 9. The molecule has 0 fully saturated rings. The summed E-state index contributed by atoms with van der Waals surface area (Å²) in [6.45, 7) is 5.68. The monoisotopic (exact) mass is 403 g/mol. The number of nitrogens with one attached hydrogen (secondary N) is 2. The lowest BCUT2D eigenvalue weighted by Crippen LogP contribution is -2.37. The van der Waals surface area contributed by atoms with E-state index in [1.165, 1.54) is 0 Å². The van der Waals surface area contributed by atoms with Crippen molar-refractivity contribution in [1.82, 2.24) is 10.6 Å². The second-order valence-corrected chi connectivity index (χ2v) is 8.49. The van der Waals surface area contributed by atoms with Gasteiger partial charge in [-0.15, -0.1) is 0 Å². The third kappa shape index (κ3) is 6.56. The summed E-state index contributed by atoms with van der Waals surface area (Å²) in [6, 6.07) is 14.6. The van der Waals surface area contributed by atoms with E-state index in [0.29, 0.717) is 37.0 Å². The molecule has 152 valence electrons. The van der Waals surface area contributed by atoms with Gasteiger partial charge in [0.2, 0.25) is 0 Å². The predicted octanol–water partition coefficient (Wildman–Crippen LogP) is 2.92. The molecular formula is C21H29N3O3S. The maximum atomic E-state index is 12.3. The van der Waals surface area contributed by atoms with Crippen molar-refractivity contribution in [3.05, 3.63) is 59.7 Å². The van der Waals surface area contributed by atoms with E-state index in [2.05, 4.69) is 15.6 Å². The van der Waals surface area contributed by atoms with Gasteiger partial charge in [-0.3, -0.25) is 4.99 Å². The van der Waals surface area contributed by atoms with Gasteiger partial charge in [0.25, 0.3) is 0 Å². The number of benzene rings is 2. The maximum Gasteiger partial charge on any atom is 0.191 e. The average molecular weight is 404 g/mol. The topological polar surface area (TPSA) is 79.8 Å². The number of aliphatic imine (C=N–C) groups is 1. The Morgan fingerprint density at radius 1 is 1.11 bits per heavy atom. The lowest BCUT2D eigenvalue weighted by molar-refractivity contribution is 0.336. The van der Waals surface area contributed by atoms with Crippen LogP contribution in [0.25, 0.3) is 0 Å². The summed E-state index contributed by atoms with van der Waals surface area (Å²) in [5, 5.41) is 6.40. The van der Waals surface area contributed by atoms with Crippen LogP contribution in [0.5, 0.6) is 5.75 Å². The van der Waals surface area contributed by atoms with Crippen molar-refractivity contribution in [1.29, 1.82) is 0 Å². The van der Waals surface area contributed by atoms with E-state index >= 15 is 0 Å². The Balaban J connectivity index is 1.82. The molecule has 0 bridgehead atoms. The molecule has 2 aromatic rings. The number of nitrogens with zero attached hydrogens (tertiary/aromatic N) is 1. The minimum absolute atomic E-state index is 0.0907. The summed E-state index contributed by atoms with van der Waals surface area (Å²) in [4.78, 5) is 4.55. The number of sulfone groups is 1. The fraction of sp³-hybridized carbons (Fsp3) is 0.381. The molecule has 0 aromatic heterocycles. The minimum atomic E-state index is -3.25. The molecule has 2 rings (SSSR count). The van der Waals surface area contributed by atoms with Gasteiger partial charge in [-0.05, 0) is 44.0 Å². The zero-order valence-electron chi connectivity index (χ0n) is 16.7. The van der Waals surface area contributed by atoms with Crippen LogP contribution in [0.15, 0.2) is 58.4 Å². The van der Waals surface area contributed by atoms with Crippen molar-refractivity contribution in [3.63, 3.8) is 0 Å². The van der Waals surface area contributed by atoms with E-state index in [0.717, 1.165) is 16.9 Å². The summed E-state index contributed by atoms with van der Waals surface area (Å²) >= 11 is 0. The summed E-state index contributed by atoms with van der Waals surface area (Å²) in [7, 11) is -1.56. The number of guanidine groups is 1. The zero-order chi connectivity index (χ0) is 20.4. The van der Waals surface area contributed by atoms with Crippen molar-refractivity contribution in [2.24, 2.45) is 4.99 Å². The van der Waals surface area contributed by atoms with Crippen LogP contribution in [0.1, 0.15) is 24.5 Å². The SMILES string of the molecule is CCOc1cc(C)ccc1CNC(=NC)NCCCS(=O)(=O)c1ccccc1. The van der Waals surface area contributed by atoms with E-state index in [-0.39, 0.29) is 5.75 Å². The molecule has 28 heavy (non-hydrogen) atoms. The van der Waals surface area contributed by atoms with Gasteiger partial charge in [-0.2, -0.15) is 0 Å². The van der Waals surface area contributed by atoms with E-state index in [9.17, 15) is 8.42 Å². The fourth-order valence-corrected chi connectivity index (χ4v) is 4.04. The molecule has 0 amide bonds. The highest BCUT2D eigenvalue weighted by molar-refractivity contribution is 7.91. The van der Waals surface area contributed by atoms with Gasteiger partial charge in [-0.25, -0.2) is 8.42 Å². The first kappa shape index (κ1) is 21.8. The van der Waals surface area contributed by atoms with Crippen LogP contribution in [0.4, 0.5) is 0 Å². The Morgan fingerprint density at radius 2 is 1.86 bits per heavy atom. The molecule has 0 aliphatic heterocycles. The van der Waals surface area contributed by atoms with Crippen molar-refractivity contribution in [3.8, 4) is 5.75 Å². The van der Waals surface area contributed by atoms with Crippen LogP contribution < -0.4 is 15.4 Å². The molecule has 0 atom stereocenters. The van der Waals surface area contributed by atoms with Gasteiger partial charge in [0, 0.05) is 25.7 Å². The first-order chi connectivity index (χ1) is 13.5. The van der Waals surface area contributed by atoms with Crippen LogP contribution in [0, 0.1) is 6.92 Å². The molecule has 0 unspecified atom stereocenters. The van der Waals surface area contributed by atoms with Crippen molar-refractivity contribution in [2.45, 2.75) is 31.7 Å². The highest BCUT2D eigenvalue weighted by atomic mass is 32.2. The fourth-order valence-electron chi connectivity index (χ4n) is 2.71. The number of hydrogen-bond donors (Lipinski definition) is 2. The van der Waals surface area contributed by atoms with Crippen LogP contribution in [-0.2, 0) is 16.4 Å². The van der Waals surface area contributed by atoms with Gasteiger partial charge in [0.15, 0.2) is 15.8 Å². The molecule has 0 saturated heterocycles. The molecule has 0 radical (unpaired) electrons. The van der Waals surface area contributed by atoms with Crippen molar-refractivity contribution in [2.75, 3.05) is 26.0 Å². The standard InChI is InChI=1S/C21H29N3O3S/c1-4-27-20-15-17(2)11-12-18(20)16-24-21(22-3)23-13-8-14-28(25,26)19-9-6-5-7-10-19/h5-7,9-12,15H,4,8,13-14,16H2,1-3H3,(H2,22,23,24). The van der Waals surface area contributed by atoms with E-state index in [1.807, 2.05) is 32.0 Å². The summed E-state index contributed by atoms with van der Waals surface area (Å²) < 4.78 is 30.3. The molecule has 2 N–H and O–H groups in total. The molecule has 0 aliphatic carbocycles. The van der Waals surface area contributed by atoms with Crippen LogP contribution >= 0.6 is 0 Å². The van der Waals surface area contributed by atoms with E-state index < -0.39 is 9.84 Å². The minimum Gasteiger partial charge on any atom is -0.494 e. The van der Waals surface area contributed by atoms with Crippen LogP contribution in [-0.4, -0.2) is 40.3 Å². The molecule has 0 heterocycles. The highest BCUT2D eigenvalue weighted by Crippen LogP contribution is 2.20. The second kappa shape index (κ2) is 10.7. The third-order valence-corrected chi connectivity index (χ3v) is 5.99. The molecule has 0 spiro atoms. The Morgan fingerprint density at radius 3 is 2.54 bits per heavy atom. The lowest BCUT2D eigenvalue weighted by atomic mass is 10.1. The molecule has 0 aliphatic rings. The molecule has 0 saturated carbocycles. The van der Waals surface area contributed by atoms with E-state index in [4.69, 9.17) is 4.74 Å². The number of aryl methyl sites for hydroxylation is 1. The quantitative estimate of drug-likeness (QED) is 0.382. The van der Waals surface area contributed by atoms with Crippen LogP contribution in [0.2, 0.25) is 0 Å². The van der Waals surface area contributed by atoms with Gasteiger partial charge >= 0.3 is 0 Å². The third-order valence-electron chi connectivity index (χ3n) is 4.18. The summed E-state index contributed by atoms with van der Waals surface area (Å²) in [5.74, 6) is 1.58. The summed E-state index contributed by atoms with van der Waals surface area (Å²) in [5.41, 5.74) is 2.19. The average Bonchev–Trinajstić information content (AvgIpc) is 2.69. The van der Waals surface area contributed by atoms with Gasteiger partial charge in [0.05, 0.1) is 17.3 Å². The second-order valence-electron chi connectivity index (χ2n) is 6.38. The Kier molecular flexibility index (Phi) is 8.32. The largest absolute Gasteiger partial charge is 0.494 e. The smallest absolute Gasteiger partial charge is 0.191 e. The molecule has 6 nitrogen and oxygen atoms in total. The highest BCUT2D eigenvalue weighted by Gasteiger charge is 2.13. The van der Waals surface area contributed by atoms with Gasteiger partial charge < -0.3 is 15.4 Å². The Hall–Kier alpha value is -2.54. The molecule has 7 heteroatoms. The van der Waals surface area contributed by atoms with Crippen LogP contribution in [0.3, 0.4) is 0 Å². The normalized spacial score (nSPS) is 11.9. The summed E-state index contributed by atoms with van der Waals surface area (Å²) in [6.07, 6.45) is 0.493. The molecule has 2 aromatic carbocycles. The van der Waals surface area contributed by atoms with E-state index in [1.54, 1.807) is 37.4 Å². The number of hydrogen-bond acceptors (Lipinski definition) is 4. The van der Waals surface area contributed by atoms with Gasteiger partial charge in [-0.1, -0.05) is 30.3 Å². The lowest BCUT2D eigenvalue weighted by Gasteiger charge is -2.15. The van der Waals surface area contributed by atoms with Crippen molar-refractivity contribution < 1.29 is 13.2 Å². The predicted molar refractivity (Wildman–Crippen MR) is 114 cm³/mol.